The van der Waals surface area contributed by atoms with Crippen LogP contribution in [0.15, 0.2) is 67.0 Å². The second-order valence-corrected chi connectivity index (χ2v) is 4.83. The van der Waals surface area contributed by atoms with E-state index in [-0.39, 0.29) is 5.91 Å². The summed E-state index contributed by atoms with van der Waals surface area (Å²) in [5, 5.41) is 2.84. The van der Waals surface area contributed by atoms with Gasteiger partial charge in [0, 0.05) is 29.7 Å². The Labute approximate surface area is 134 Å². The molecule has 0 spiro atoms. The topological polar surface area (TPSA) is 64.1 Å². The molecular formula is C18H15N3O2. The summed E-state index contributed by atoms with van der Waals surface area (Å²) in [5.41, 5.74) is 2.57. The monoisotopic (exact) mass is 305 g/mol. The Bertz CT molecular complexity index is 819. The summed E-state index contributed by atoms with van der Waals surface area (Å²) in [4.78, 5) is 20.9. The lowest BCUT2D eigenvalue weighted by Crippen LogP contribution is -2.12. The van der Waals surface area contributed by atoms with E-state index in [1.165, 1.54) is 0 Å². The first kappa shape index (κ1) is 14.7. The lowest BCUT2D eigenvalue weighted by molar-refractivity contribution is 0.102. The van der Waals surface area contributed by atoms with E-state index in [1.807, 2.05) is 30.3 Å². The van der Waals surface area contributed by atoms with Crippen LogP contribution in [0.5, 0.6) is 5.75 Å². The lowest BCUT2D eigenvalue weighted by Gasteiger charge is -2.08. The van der Waals surface area contributed by atoms with Gasteiger partial charge in [0.05, 0.1) is 18.5 Å². The average molecular weight is 305 g/mol. The predicted octanol–water partition coefficient (Wildman–Crippen LogP) is 3.40. The summed E-state index contributed by atoms with van der Waals surface area (Å²) >= 11 is 0. The van der Waals surface area contributed by atoms with Crippen LogP contribution in [-0.4, -0.2) is 23.0 Å². The van der Waals surface area contributed by atoms with Crippen LogP contribution < -0.4 is 10.1 Å². The first-order chi connectivity index (χ1) is 11.3. The minimum absolute atomic E-state index is 0.210. The van der Waals surface area contributed by atoms with Crippen LogP contribution in [0, 0.1) is 0 Å². The zero-order valence-electron chi connectivity index (χ0n) is 12.6. The van der Waals surface area contributed by atoms with Crippen LogP contribution in [0.2, 0.25) is 0 Å². The van der Waals surface area contributed by atoms with Crippen LogP contribution in [0.1, 0.15) is 10.4 Å². The molecule has 0 atom stereocenters. The van der Waals surface area contributed by atoms with Crippen molar-refractivity contribution in [1.29, 1.82) is 0 Å². The van der Waals surface area contributed by atoms with Crippen molar-refractivity contribution in [3.63, 3.8) is 0 Å². The first-order valence-corrected chi connectivity index (χ1v) is 7.09. The number of benzene rings is 1. The standard InChI is InChI=1S/C18H15N3O2/c1-23-15-6-4-5-14(12-15)21-18(22)13-8-10-20-17(11-13)16-7-2-3-9-19-16/h2-12H,1H3,(H,21,22). The average Bonchev–Trinajstić information content (AvgIpc) is 2.63. The fourth-order valence-corrected chi connectivity index (χ4v) is 2.13. The third-order valence-electron chi connectivity index (χ3n) is 3.28. The highest BCUT2D eigenvalue weighted by Gasteiger charge is 2.09. The van der Waals surface area contributed by atoms with Crippen molar-refractivity contribution in [1.82, 2.24) is 9.97 Å². The zero-order valence-corrected chi connectivity index (χ0v) is 12.6. The molecule has 0 radical (unpaired) electrons. The van der Waals surface area contributed by atoms with Crippen molar-refractivity contribution >= 4 is 11.6 Å². The Balaban J connectivity index is 1.82. The van der Waals surface area contributed by atoms with Crippen LogP contribution in [0.4, 0.5) is 5.69 Å². The Kier molecular flexibility index (Phi) is 4.29. The summed E-state index contributed by atoms with van der Waals surface area (Å²) in [7, 11) is 1.59. The SMILES string of the molecule is COc1cccc(NC(=O)c2ccnc(-c3ccccn3)c2)c1. The van der Waals surface area contributed by atoms with Gasteiger partial charge in [-0.1, -0.05) is 12.1 Å². The molecule has 0 unspecified atom stereocenters. The molecule has 0 saturated heterocycles. The summed E-state index contributed by atoms with van der Waals surface area (Å²) in [5.74, 6) is 0.476. The maximum absolute atomic E-state index is 12.4. The van der Waals surface area contributed by atoms with E-state index in [1.54, 1.807) is 43.8 Å². The smallest absolute Gasteiger partial charge is 0.255 e. The highest BCUT2D eigenvalue weighted by molar-refractivity contribution is 6.04. The number of pyridine rings is 2. The molecule has 23 heavy (non-hydrogen) atoms. The molecule has 1 amide bonds. The Morgan fingerprint density at radius 1 is 0.957 bits per heavy atom. The molecule has 3 aromatic rings. The van der Waals surface area contributed by atoms with Crippen molar-refractivity contribution in [2.75, 3.05) is 12.4 Å². The minimum Gasteiger partial charge on any atom is -0.497 e. The van der Waals surface area contributed by atoms with Gasteiger partial charge in [0.15, 0.2) is 0 Å². The lowest BCUT2D eigenvalue weighted by atomic mass is 10.1. The molecule has 0 saturated carbocycles. The van der Waals surface area contributed by atoms with Gasteiger partial charge in [0.25, 0.3) is 5.91 Å². The molecule has 0 aliphatic rings. The molecule has 0 bridgehead atoms. The first-order valence-electron chi connectivity index (χ1n) is 7.09. The molecule has 0 aliphatic carbocycles. The van der Waals surface area contributed by atoms with E-state index in [2.05, 4.69) is 15.3 Å². The van der Waals surface area contributed by atoms with Gasteiger partial charge in [-0.2, -0.15) is 0 Å². The fourth-order valence-electron chi connectivity index (χ4n) is 2.13. The van der Waals surface area contributed by atoms with E-state index in [0.717, 1.165) is 5.69 Å². The minimum atomic E-state index is -0.210. The number of rotatable bonds is 4. The highest BCUT2D eigenvalue weighted by Crippen LogP contribution is 2.19. The van der Waals surface area contributed by atoms with Gasteiger partial charge in [-0.3, -0.25) is 14.8 Å². The van der Waals surface area contributed by atoms with Gasteiger partial charge < -0.3 is 10.1 Å². The number of methoxy groups -OCH3 is 1. The van der Waals surface area contributed by atoms with E-state index < -0.39 is 0 Å². The molecule has 0 aliphatic heterocycles. The molecule has 114 valence electrons. The quantitative estimate of drug-likeness (QED) is 0.802. The van der Waals surface area contributed by atoms with Crippen LogP contribution in [-0.2, 0) is 0 Å². The van der Waals surface area contributed by atoms with Gasteiger partial charge in [-0.25, -0.2) is 0 Å². The Morgan fingerprint density at radius 3 is 2.61 bits per heavy atom. The number of nitrogens with zero attached hydrogens (tertiary/aromatic N) is 2. The fraction of sp³-hybridized carbons (Fsp3) is 0.0556. The van der Waals surface area contributed by atoms with E-state index in [0.29, 0.717) is 22.7 Å². The molecule has 5 heteroatoms. The van der Waals surface area contributed by atoms with Crippen LogP contribution >= 0.6 is 0 Å². The number of carbonyl (C=O) groups is 1. The van der Waals surface area contributed by atoms with Crippen molar-refractivity contribution in [2.24, 2.45) is 0 Å². The predicted molar refractivity (Wildman–Crippen MR) is 88.4 cm³/mol. The normalized spacial score (nSPS) is 10.1. The molecule has 0 fully saturated rings. The second kappa shape index (κ2) is 6.70. The molecule has 2 heterocycles. The van der Waals surface area contributed by atoms with Gasteiger partial charge in [-0.15, -0.1) is 0 Å². The van der Waals surface area contributed by atoms with E-state index in [4.69, 9.17) is 4.74 Å². The molecule has 3 rings (SSSR count). The second-order valence-electron chi connectivity index (χ2n) is 4.83. The number of ether oxygens (including phenoxy) is 1. The summed E-state index contributed by atoms with van der Waals surface area (Å²) in [6.07, 6.45) is 3.30. The van der Waals surface area contributed by atoms with E-state index in [9.17, 15) is 4.79 Å². The largest absolute Gasteiger partial charge is 0.497 e. The van der Waals surface area contributed by atoms with Crippen molar-refractivity contribution in [3.05, 3.63) is 72.6 Å². The van der Waals surface area contributed by atoms with E-state index >= 15 is 0 Å². The number of aromatic nitrogens is 2. The summed E-state index contributed by atoms with van der Waals surface area (Å²) in [6, 6.07) is 16.2. The molecule has 2 aromatic heterocycles. The van der Waals surface area contributed by atoms with Crippen LogP contribution in [0.3, 0.4) is 0 Å². The number of hydrogen-bond donors (Lipinski definition) is 1. The van der Waals surface area contributed by atoms with Crippen LogP contribution in [0.25, 0.3) is 11.4 Å². The van der Waals surface area contributed by atoms with Gasteiger partial charge >= 0.3 is 0 Å². The molecule has 1 aromatic carbocycles. The number of anilines is 1. The number of amides is 1. The zero-order chi connectivity index (χ0) is 16.1. The maximum atomic E-state index is 12.4. The highest BCUT2D eigenvalue weighted by atomic mass is 16.5. The maximum Gasteiger partial charge on any atom is 0.255 e. The van der Waals surface area contributed by atoms with Gasteiger partial charge in [0.1, 0.15) is 5.75 Å². The van der Waals surface area contributed by atoms with Gasteiger partial charge in [-0.05, 0) is 36.4 Å². The number of carbonyl (C=O) groups excluding carboxylic acids is 1. The summed E-state index contributed by atoms with van der Waals surface area (Å²) < 4.78 is 5.15. The molecule has 1 N–H and O–H groups in total. The van der Waals surface area contributed by atoms with Crippen molar-refractivity contribution in [3.8, 4) is 17.1 Å². The van der Waals surface area contributed by atoms with Crippen molar-refractivity contribution in [2.45, 2.75) is 0 Å². The Morgan fingerprint density at radius 2 is 1.83 bits per heavy atom. The number of nitrogens with one attached hydrogen (secondary N) is 1. The summed E-state index contributed by atoms with van der Waals surface area (Å²) in [6.45, 7) is 0. The van der Waals surface area contributed by atoms with Gasteiger partial charge in [0.2, 0.25) is 0 Å². The third-order valence-corrected chi connectivity index (χ3v) is 3.28. The molecular weight excluding hydrogens is 290 g/mol. The Hall–Kier alpha value is -3.21. The molecule has 5 nitrogen and oxygen atoms in total. The third kappa shape index (κ3) is 3.52. The number of hydrogen-bond acceptors (Lipinski definition) is 4. The van der Waals surface area contributed by atoms with Crippen molar-refractivity contribution < 1.29 is 9.53 Å².